The van der Waals surface area contributed by atoms with Crippen LogP contribution < -0.4 is 0 Å². The van der Waals surface area contributed by atoms with Crippen LogP contribution in [0, 0.1) is 0 Å². The molecule has 4 nitrogen and oxygen atoms in total. The molecule has 0 aliphatic carbocycles. The zero-order valence-electron chi connectivity index (χ0n) is 8.13. The maximum atomic E-state index is 11.2. The first-order valence-electron chi connectivity index (χ1n) is 3.82. The minimum atomic E-state index is -4.48. The normalized spacial score (nSPS) is 10.8. The minimum absolute atomic E-state index is 0.498. The Hall–Kier alpha value is -0.521. The second-order valence-electron chi connectivity index (χ2n) is 2.97. The number of hydrogen-bond donors (Lipinski definition) is 0. The third kappa shape index (κ3) is 1.87. The van der Waals surface area contributed by atoms with E-state index in [2.05, 4.69) is 0 Å². The van der Waals surface area contributed by atoms with Crippen LogP contribution in [0.2, 0.25) is 0 Å². The van der Waals surface area contributed by atoms with Gasteiger partial charge in [0.1, 0.15) is 0 Å². The molecule has 0 aliphatic heterocycles. The summed E-state index contributed by atoms with van der Waals surface area (Å²) in [6.45, 7) is 4.67. The van der Waals surface area contributed by atoms with Crippen LogP contribution in [0.25, 0.3) is 0 Å². The molecule has 0 amide bonds. The molecule has 0 fully saturated rings. The average Bonchev–Trinajstić information content (AvgIpc) is 1.82. The van der Waals surface area contributed by atoms with Crippen molar-refractivity contribution in [3.05, 3.63) is 0 Å². The van der Waals surface area contributed by atoms with Gasteiger partial charge in [0.25, 0.3) is 0 Å². The van der Waals surface area contributed by atoms with E-state index in [0.717, 1.165) is 0 Å². The van der Waals surface area contributed by atoms with Gasteiger partial charge in [0.15, 0.2) is 0 Å². The van der Waals surface area contributed by atoms with E-state index >= 15 is 0 Å². The van der Waals surface area contributed by atoms with Gasteiger partial charge in [-0.3, -0.25) is 0 Å². The van der Waals surface area contributed by atoms with Crippen LogP contribution in [-0.2, 0) is 19.2 Å². The predicted molar refractivity (Wildman–Crippen MR) is 48.5 cm³/mol. The summed E-state index contributed by atoms with van der Waals surface area (Å²) in [5.41, 5.74) is 0. The van der Waals surface area contributed by atoms with Crippen molar-refractivity contribution in [2.24, 2.45) is 0 Å². The Balaban J connectivity index is 5.60. The summed E-state index contributed by atoms with van der Waals surface area (Å²) in [6, 6.07) is 0. The average molecular weight is 291 g/mol. The first kappa shape index (κ1) is 12.5. The molecule has 0 saturated carbocycles. The number of carbonyl (C=O) groups is 4. The van der Waals surface area contributed by atoms with E-state index in [0.29, 0.717) is 0 Å². The monoisotopic (exact) mass is 292 g/mol. The van der Waals surface area contributed by atoms with Crippen molar-refractivity contribution in [2.45, 2.75) is 27.7 Å². The molecule has 0 aromatic carbocycles. The van der Waals surface area contributed by atoms with E-state index in [1.165, 1.54) is 27.7 Å². The Kier molecular flexibility index (Phi) is 3.96. The summed E-state index contributed by atoms with van der Waals surface area (Å²) < 4.78 is -1.99. The van der Waals surface area contributed by atoms with Crippen LogP contribution in [0.5, 0.6) is 0 Å². The van der Waals surface area contributed by atoms with Crippen LogP contribution in [0.15, 0.2) is 0 Å². The Morgan fingerprint density at radius 2 is 0.769 bits per heavy atom. The fraction of sp³-hybridized carbons (Fsp3) is 0.500. The molecule has 0 aromatic heterocycles. The van der Waals surface area contributed by atoms with Crippen molar-refractivity contribution >= 4 is 33.6 Å². The molecule has 0 saturated heterocycles. The molecule has 0 atom stereocenters. The molecule has 0 unspecified atom stereocenters. The van der Waals surface area contributed by atoms with Crippen molar-refractivity contribution in [3.63, 3.8) is 0 Å². The topological polar surface area (TPSA) is 68.3 Å². The first-order chi connectivity index (χ1) is 5.77. The Morgan fingerprint density at radius 3 is 0.769 bits per heavy atom. The molecule has 5 heteroatoms. The third-order valence-electron chi connectivity index (χ3n) is 2.11. The number of hydrogen-bond acceptors (Lipinski definition) is 4. The third-order valence-corrected chi connectivity index (χ3v) is 14.2. The first-order valence-corrected chi connectivity index (χ1v) is 9.52. The van der Waals surface area contributed by atoms with Gasteiger partial charge in [-0.25, -0.2) is 0 Å². The second-order valence-corrected chi connectivity index (χ2v) is 15.3. The summed E-state index contributed by atoms with van der Waals surface area (Å²) in [7, 11) is 0. The van der Waals surface area contributed by atoms with E-state index in [1.54, 1.807) is 0 Å². The van der Waals surface area contributed by atoms with Crippen LogP contribution in [0.4, 0.5) is 0 Å². The molecule has 0 N–H and O–H groups in total. The zero-order chi connectivity index (χ0) is 10.8. The molecule has 13 heavy (non-hydrogen) atoms. The standard InChI is InChI=1S/4C2H3O.Sn/c4*1-2-3;/h4*1H3;. The Labute approximate surface area is 80.6 Å². The molecule has 72 valence electrons. The molecule has 0 spiro atoms. The van der Waals surface area contributed by atoms with Crippen LogP contribution >= 0.6 is 0 Å². The van der Waals surface area contributed by atoms with E-state index in [1.807, 2.05) is 0 Å². The summed E-state index contributed by atoms with van der Waals surface area (Å²) in [5, 5.41) is 0. The van der Waals surface area contributed by atoms with Gasteiger partial charge in [0.2, 0.25) is 0 Å². The molecule has 0 rings (SSSR count). The SMILES string of the molecule is C[C](=O)[Sn]([C](C)=O)([C](C)=O)[C](C)=O. The van der Waals surface area contributed by atoms with E-state index < -0.39 is 33.6 Å². The summed E-state index contributed by atoms with van der Waals surface area (Å²) in [6.07, 6.45) is 0. The van der Waals surface area contributed by atoms with Gasteiger partial charge in [0, 0.05) is 0 Å². The second kappa shape index (κ2) is 4.13. The van der Waals surface area contributed by atoms with Crippen molar-refractivity contribution in [1.82, 2.24) is 0 Å². The molecule has 0 aliphatic rings. The maximum absolute atomic E-state index is 11.2. The summed E-state index contributed by atoms with van der Waals surface area (Å²) >= 11 is -4.48. The summed E-state index contributed by atoms with van der Waals surface area (Å²) in [4.78, 5) is 44.9. The molecule has 0 aromatic rings. The van der Waals surface area contributed by atoms with Gasteiger partial charge in [-0.15, -0.1) is 0 Å². The fourth-order valence-corrected chi connectivity index (χ4v) is 9.98. The molecule has 0 radical (unpaired) electrons. The van der Waals surface area contributed by atoms with Crippen molar-refractivity contribution in [2.75, 3.05) is 0 Å². The Morgan fingerprint density at radius 1 is 0.615 bits per heavy atom. The zero-order valence-corrected chi connectivity index (χ0v) is 11.0. The van der Waals surface area contributed by atoms with Crippen LogP contribution in [0.1, 0.15) is 27.7 Å². The van der Waals surface area contributed by atoms with Crippen LogP contribution in [0.3, 0.4) is 0 Å². The van der Waals surface area contributed by atoms with Crippen LogP contribution in [-0.4, -0.2) is 33.6 Å². The fourth-order valence-electron chi connectivity index (χ4n) is 1.49. The van der Waals surface area contributed by atoms with Gasteiger partial charge < -0.3 is 0 Å². The molecule has 0 heterocycles. The van der Waals surface area contributed by atoms with E-state index in [-0.39, 0.29) is 0 Å². The molecular weight excluding hydrogens is 279 g/mol. The quantitative estimate of drug-likeness (QED) is 0.681. The Bertz CT molecular complexity index is 231. The number of rotatable bonds is 4. The van der Waals surface area contributed by atoms with E-state index in [4.69, 9.17) is 0 Å². The molecular formula is C8H12O4Sn. The van der Waals surface area contributed by atoms with Crippen molar-refractivity contribution < 1.29 is 19.2 Å². The number of carbonyl (C=O) groups excluding carboxylic acids is 4. The van der Waals surface area contributed by atoms with Crippen molar-refractivity contribution in [1.29, 1.82) is 0 Å². The van der Waals surface area contributed by atoms with Gasteiger partial charge in [-0.2, -0.15) is 0 Å². The van der Waals surface area contributed by atoms with E-state index in [9.17, 15) is 19.2 Å². The van der Waals surface area contributed by atoms with Gasteiger partial charge in [-0.05, 0) is 0 Å². The predicted octanol–water partition coefficient (Wildman–Crippen LogP) is -0.0520. The van der Waals surface area contributed by atoms with Gasteiger partial charge in [0.05, 0.1) is 0 Å². The summed E-state index contributed by atoms with van der Waals surface area (Å²) in [5.74, 6) is 0. The van der Waals surface area contributed by atoms with Crippen molar-refractivity contribution in [3.8, 4) is 0 Å². The van der Waals surface area contributed by atoms with Gasteiger partial charge >= 0.3 is 80.4 Å². The van der Waals surface area contributed by atoms with Gasteiger partial charge in [-0.1, -0.05) is 0 Å². The molecule has 0 bridgehead atoms.